The molecule has 0 bridgehead atoms. The summed E-state index contributed by atoms with van der Waals surface area (Å²) >= 11 is 1.25. The molecule has 0 aliphatic rings. The van der Waals surface area contributed by atoms with Crippen molar-refractivity contribution in [2.45, 2.75) is 30.7 Å². The minimum Gasteiger partial charge on any atom is -0.351 e. The van der Waals surface area contributed by atoms with Crippen molar-refractivity contribution in [1.82, 2.24) is 15.3 Å². The number of amides is 3. The van der Waals surface area contributed by atoms with E-state index in [4.69, 9.17) is 5.73 Å². The molecule has 2 rings (SSSR count). The number of nitrogens with two attached hydrogens (primary N) is 1. The average Bonchev–Trinajstić information content (AvgIpc) is 2.79. The van der Waals surface area contributed by atoms with Gasteiger partial charge in [0, 0.05) is 12.1 Å². The number of carbonyl (C=O) groups excluding carboxylic acids is 2. The Morgan fingerprint density at radius 2 is 2.05 bits per heavy atom. The molecule has 1 heterocycles. The highest BCUT2D eigenvalue weighted by Crippen LogP contribution is 2.23. The summed E-state index contributed by atoms with van der Waals surface area (Å²) in [7, 11) is 0. The molecule has 3 amide bonds. The summed E-state index contributed by atoms with van der Waals surface area (Å²) in [4.78, 5) is 30.0. The third kappa shape index (κ3) is 4.36. The third-order valence-electron chi connectivity index (χ3n) is 3.08. The molecule has 0 saturated heterocycles. The number of thioether (sulfide) groups is 1. The first kappa shape index (κ1) is 16.1. The molecular weight excluding hydrogens is 300 g/mol. The highest BCUT2D eigenvalue weighted by molar-refractivity contribution is 8.00. The van der Waals surface area contributed by atoms with Crippen molar-refractivity contribution in [1.29, 1.82) is 0 Å². The maximum absolute atomic E-state index is 11.7. The largest absolute Gasteiger partial charge is 0.351 e. The summed E-state index contributed by atoms with van der Waals surface area (Å²) in [5, 5.41) is 2.24. The minimum absolute atomic E-state index is 0.434. The number of primary amides is 1. The predicted octanol–water partition coefficient (Wildman–Crippen LogP) is 1.98. The van der Waals surface area contributed by atoms with Crippen LogP contribution in [0.3, 0.4) is 0 Å². The van der Waals surface area contributed by atoms with E-state index in [1.54, 1.807) is 6.92 Å². The number of carbonyl (C=O) groups is 2. The molecule has 6 nitrogen and oxygen atoms in total. The zero-order valence-corrected chi connectivity index (χ0v) is 13.2. The van der Waals surface area contributed by atoms with Gasteiger partial charge in [-0.25, -0.2) is 9.78 Å². The molecule has 4 N–H and O–H groups in total. The molecule has 0 aliphatic carbocycles. The van der Waals surface area contributed by atoms with Crippen molar-refractivity contribution in [3.63, 3.8) is 0 Å². The van der Waals surface area contributed by atoms with Gasteiger partial charge >= 0.3 is 6.03 Å². The lowest BCUT2D eigenvalue weighted by Gasteiger charge is -2.07. The molecule has 22 heavy (non-hydrogen) atoms. The zero-order valence-electron chi connectivity index (χ0n) is 12.4. The van der Waals surface area contributed by atoms with Crippen molar-refractivity contribution in [3.8, 4) is 0 Å². The predicted molar refractivity (Wildman–Crippen MR) is 85.6 cm³/mol. The Morgan fingerprint density at radius 3 is 2.68 bits per heavy atom. The molecule has 1 atom stereocenters. The van der Waals surface area contributed by atoms with Crippen LogP contribution in [0.5, 0.6) is 0 Å². The summed E-state index contributed by atoms with van der Waals surface area (Å²) in [5.41, 5.74) is 8.02. The molecule has 0 radical (unpaired) electrons. The number of aromatic amines is 1. The van der Waals surface area contributed by atoms with E-state index in [0.717, 1.165) is 17.8 Å². The average molecular weight is 318 g/mol. The first-order chi connectivity index (χ1) is 10.5. The second kappa shape index (κ2) is 7.13. The number of benzene rings is 1. The van der Waals surface area contributed by atoms with E-state index < -0.39 is 17.2 Å². The summed E-state index contributed by atoms with van der Waals surface area (Å²) < 4.78 is 0. The summed E-state index contributed by atoms with van der Waals surface area (Å²) in [6.07, 6.45) is 0.728. The van der Waals surface area contributed by atoms with Gasteiger partial charge in [0.15, 0.2) is 5.16 Å². The van der Waals surface area contributed by atoms with Crippen LogP contribution in [0.4, 0.5) is 4.79 Å². The van der Waals surface area contributed by atoms with Crippen LogP contribution >= 0.6 is 11.8 Å². The highest BCUT2D eigenvalue weighted by atomic mass is 32.2. The molecule has 0 aliphatic heterocycles. The number of nitrogens with one attached hydrogen (secondary N) is 2. The zero-order chi connectivity index (χ0) is 16.1. The molecule has 1 aromatic heterocycles. The Balaban J connectivity index is 2.03. The molecular formula is C15H18N4O2S. The van der Waals surface area contributed by atoms with Crippen LogP contribution in [0, 0.1) is 6.92 Å². The number of rotatable bonds is 5. The van der Waals surface area contributed by atoms with Gasteiger partial charge in [-0.2, -0.15) is 0 Å². The standard InChI is InChI=1S/C15H18N4O2S/c1-9-12(8-11-6-4-3-5-7-11)18-15(17-9)22-10(2)13(20)19-14(16)21/h3-7,10H,8H2,1-2H3,(H,17,18)(H3,16,19,20,21)/t10-/m0/s1. The molecule has 0 saturated carbocycles. The number of aryl methyl sites for hydroxylation is 1. The van der Waals surface area contributed by atoms with E-state index in [2.05, 4.69) is 15.3 Å². The lowest BCUT2D eigenvalue weighted by Crippen LogP contribution is -2.39. The second-order valence-corrected chi connectivity index (χ2v) is 6.22. The van der Waals surface area contributed by atoms with E-state index in [1.165, 1.54) is 17.3 Å². The number of hydrogen-bond donors (Lipinski definition) is 3. The van der Waals surface area contributed by atoms with Crippen molar-refractivity contribution < 1.29 is 9.59 Å². The van der Waals surface area contributed by atoms with Crippen LogP contribution in [-0.4, -0.2) is 27.2 Å². The monoisotopic (exact) mass is 318 g/mol. The van der Waals surface area contributed by atoms with E-state index in [0.29, 0.717) is 5.16 Å². The number of urea groups is 1. The van der Waals surface area contributed by atoms with Crippen LogP contribution in [0.25, 0.3) is 0 Å². The van der Waals surface area contributed by atoms with Crippen LogP contribution in [0.2, 0.25) is 0 Å². The molecule has 1 aromatic carbocycles. The fourth-order valence-corrected chi connectivity index (χ4v) is 2.80. The maximum atomic E-state index is 11.7. The van der Waals surface area contributed by atoms with E-state index in [1.807, 2.05) is 37.3 Å². The van der Waals surface area contributed by atoms with Gasteiger partial charge in [-0.05, 0) is 19.4 Å². The SMILES string of the molecule is Cc1[nH]c(S[C@@H](C)C(=O)NC(N)=O)nc1Cc1ccccc1. The Labute approximate surface area is 132 Å². The van der Waals surface area contributed by atoms with Gasteiger partial charge < -0.3 is 10.7 Å². The van der Waals surface area contributed by atoms with Gasteiger partial charge in [0.25, 0.3) is 0 Å². The van der Waals surface area contributed by atoms with Gasteiger partial charge in [0.1, 0.15) is 0 Å². The molecule has 0 fully saturated rings. The maximum Gasteiger partial charge on any atom is 0.318 e. The van der Waals surface area contributed by atoms with E-state index in [9.17, 15) is 9.59 Å². The Hall–Kier alpha value is -2.28. The van der Waals surface area contributed by atoms with Gasteiger partial charge in [0.05, 0.1) is 10.9 Å². The minimum atomic E-state index is -0.849. The van der Waals surface area contributed by atoms with Gasteiger partial charge in [-0.3, -0.25) is 10.1 Å². The highest BCUT2D eigenvalue weighted by Gasteiger charge is 2.18. The third-order valence-corrected chi connectivity index (χ3v) is 4.07. The summed E-state index contributed by atoms with van der Waals surface area (Å²) in [5.74, 6) is -0.434. The number of aromatic nitrogens is 2. The number of imidazole rings is 1. The smallest absolute Gasteiger partial charge is 0.318 e. The van der Waals surface area contributed by atoms with Crippen LogP contribution < -0.4 is 11.1 Å². The van der Waals surface area contributed by atoms with Crippen molar-refractivity contribution in [2.75, 3.05) is 0 Å². The summed E-state index contributed by atoms with van der Waals surface area (Å²) in [6.45, 7) is 3.64. The molecule has 0 spiro atoms. The van der Waals surface area contributed by atoms with Crippen molar-refractivity contribution in [2.24, 2.45) is 5.73 Å². The van der Waals surface area contributed by atoms with Gasteiger partial charge in [-0.15, -0.1) is 0 Å². The first-order valence-corrected chi connectivity index (χ1v) is 7.70. The van der Waals surface area contributed by atoms with Gasteiger partial charge in [-0.1, -0.05) is 42.1 Å². The summed E-state index contributed by atoms with van der Waals surface area (Å²) in [6, 6.07) is 9.19. The number of imide groups is 1. The Bertz CT molecular complexity index is 669. The topological polar surface area (TPSA) is 101 Å². The lowest BCUT2D eigenvalue weighted by atomic mass is 10.1. The normalized spacial score (nSPS) is 11.9. The lowest BCUT2D eigenvalue weighted by molar-refractivity contribution is -0.119. The fraction of sp³-hybridized carbons (Fsp3) is 0.267. The first-order valence-electron chi connectivity index (χ1n) is 6.82. The Kier molecular flexibility index (Phi) is 5.21. The fourth-order valence-electron chi connectivity index (χ4n) is 1.93. The van der Waals surface area contributed by atoms with E-state index >= 15 is 0 Å². The Morgan fingerprint density at radius 1 is 1.36 bits per heavy atom. The molecule has 116 valence electrons. The van der Waals surface area contributed by atoms with Crippen LogP contribution in [0.15, 0.2) is 35.5 Å². The molecule has 7 heteroatoms. The van der Waals surface area contributed by atoms with E-state index in [-0.39, 0.29) is 0 Å². The van der Waals surface area contributed by atoms with Crippen LogP contribution in [0.1, 0.15) is 23.9 Å². The van der Waals surface area contributed by atoms with Crippen molar-refractivity contribution in [3.05, 3.63) is 47.3 Å². The number of hydrogen-bond acceptors (Lipinski definition) is 4. The molecule has 2 aromatic rings. The number of nitrogens with zero attached hydrogens (tertiary/aromatic N) is 1. The van der Waals surface area contributed by atoms with Crippen LogP contribution in [-0.2, 0) is 11.2 Å². The molecule has 0 unspecified atom stereocenters. The van der Waals surface area contributed by atoms with Gasteiger partial charge in [0.2, 0.25) is 5.91 Å². The quantitative estimate of drug-likeness (QED) is 0.734. The van der Waals surface area contributed by atoms with Crippen molar-refractivity contribution >= 4 is 23.7 Å². The second-order valence-electron chi connectivity index (χ2n) is 4.89. The number of H-pyrrole nitrogens is 1.